The van der Waals surface area contributed by atoms with Gasteiger partial charge in [-0.2, -0.15) is 0 Å². The number of hydrogen-bond donors (Lipinski definition) is 2. The van der Waals surface area contributed by atoms with E-state index in [0.717, 1.165) is 13.0 Å². The van der Waals surface area contributed by atoms with Crippen LogP contribution in [0.2, 0.25) is 0 Å². The molecule has 0 unspecified atom stereocenters. The Balaban J connectivity index is 3.51. The van der Waals surface area contributed by atoms with Crippen LogP contribution in [0.3, 0.4) is 0 Å². The predicted molar refractivity (Wildman–Crippen MR) is 69.8 cm³/mol. The third-order valence-corrected chi connectivity index (χ3v) is 2.79. The van der Waals surface area contributed by atoms with Crippen LogP contribution in [-0.2, 0) is 9.53 Å². The van der Waals surface area contributed by atoms with Crippen molar-refractivity contribution in [2.45, 2.75) is 26.3 Å². The molecule has 2 atom stereocenters. The third-order valence-electron chi connectivity index (χ3n) is 2.79. The van der Waals surface area contributed by atoms with E-state index in [2.05, 4.69) is 10.2 Å². The van der Waals surface area contributed by atoms with Crippen molar-refractivity contribution in [3.05, 3.63) is 0 Å². The summed E-state index contributed by atoms with van der Waals surface area (Å²) >= 11 is 0. The van der Waals surface area contributed by atoms with Gasteiger partial charge < -0.3 is 20.7 Å². The van der Waals surface area contributed by atoms with Gasteiger partial charge in [0.2, 0.25) is 5.91 Å². The van der Waals surface area contributed by atoms with Crippen molar-refractivity contribution in [2.24, 2.45) is 11.7 Å². The number of ether oxygens (including phenoxy) is 1. The minimum atomic E-state index is -0.415. The second-order valence-corrected chi connectivity index (χ2v) is 4.62. The molecule has 0 saturated carbocycles. The Morgan fingerprint density at radius 2 is 2.06 bits per heavy atom. The van der Waals surface area contributed by atoms with Gasteiger partial charge >= 0.3 is 0 Å². The summed E-state index contributed by atoms with van der Waals surface area (Å²) in [6, 6.07) is -0.415. The van der Waals surface area contributed by atoms with Gasteiger partial charge in [-0.05, 0) is 20.0 Å². The molecule has 0 aromatic heterocycles. The number of rotatable bonds is 9. The molecule has 0 spiro atoms. The van der Waals surface area contributed by atoms with Crippen molar-refractivity contribution >= 4 is 5.91 Å². The van der Waals surface area contributed by atoms with Gasteiger partial charge in [0.15, 0.2) is 0 Å². The second-order valence-electron chi connectivity index (χ2n) is 4.62. The summed E-state index contributed by atoms with van der Waals surface area (Å²) in [6.45, 7) is 6.64. The van der Waals surface area contributed by atoms with E-state index in [1.54, 1.807) is 0 Å². The number of carbonyl (C=O) groups excluding carboxylic acids is 1. The van der Waals surface area contributed by atoms with Crippen LogP contribution in [0.25, 0.3) is 0 Å². The van der Waals surface area contributed by atoms with Crippen LogP contribution < -0.4 is 11.1 Å². The summed E-state index contributed by atoms with van der Waals surface area (Å²) in [5, 5.41) is 2.78. The zero-order chi connectivity index (χ0) is 13.3. The topological polar surface area (TPSA) is 67.6 Å². The maximum Gasteiger partial charge on any atom is 0.237 e. The molecule has 0 bridgehead atoms. The Morgan fingerprint density at radius 3 is 2.59 bits per heavy atom. The van der Waals surface area contributed by atoms with Crippen LogP contribution >= 0.6 is 0 Å². The Bertz CT molecular complexity index is 210. The molecule has 0 rings (SSSR count). The molecule has 0 heterocycles. The number of carbonyl (C=O) groups is 1. The van der Waals surface area contributed by atoms with Crippen LogP contribution in [0.1, 0.15) is 20.3 Å². The molecule has 1 amide bonds. The second kappa shape index (κ2) is 9.39. The largest absolute Gasteiger partial charge is 0.378 e. The average molecular weight is 245 g/mol. The zero-order valence-electron chi connectivity index (χ0n) is 11.5. The Hall–Kier alpha value is -0.650. The van der Waals surface area contributed by atoms with E-state index in [1.165, 1.54) is 0 Å². The summed E-state index contributed by atoms with van der Waals surface area (Å²) in [5.74, 6) is 0.125. The molecular weight excluding hydrogens is 218 g/mol. The molecule has 0 radical (unpaired) electrons. The first-order valence-corrected chi connectivity index (χ1v) is 6.24. The number of amides is 1. The lowest BCUT2D eigenvalue weighted by Gasteiger charge is -2.17. The van der Waals surface area contributed by atoms with Gasteiger partial charge in [0, 0.05) is 13.1 Å². The Labute approximate surface area is 105 Å². The Morgan fingerprint density at radius 1 is 1.41 bits per heavy atom. The van der Waals surface area contributed by atoms with Gasteiger partial charge in [-0.15, -0.1) is 0 Å². The fourth-order valence-corrected chi connectivity index (χ4v) is 1.23. The highest BCUT2D eigenvalue weighted by Gasteiger charge is 2.18. The smallest absolute Gasteiger partial charge is 0.237 e. The number of nitrogens with one attached hydrogen (secondary N) is 1. The van der Waals surface area contributed by atoms with Crippen molar-refractivity contribution in [3.8, 4) is 0 Å². The standard InChI is InChI=1S/C12H27N3O2/c1-5-10(2)11(13)12(16)14-6-8-17-9-7-15(3)4/h10-11H,5-9,13H2,1-4H3,(H,14,16)/t10-,11-/m0/s1. The molecule has 0 aromatic rings. The lowest BCUT2D eigenvalue weighted by Crippen LogP contribution is -2.45. The van der Waals surface area contributed by atoms with E-state index < -0.39 is 6.04 Å². The number of hydrogen-bond acceptors (Lipinski definition) is 4. The van der Waals surface area contributed by atoms with Crippen molar-refractivity contribution in [1.29, 1.82) is 0 Å². The SMILES string of the molecule is CC[C@H](C)[C@H](N)C(=O)NCCOCCN(C)C. The van der Waals surface area contributed by atoms with Crippen molar-refractivity contribution in [2.75, 3.05) is 40.4 Å². The highest BCUT2D eigenvalue weighted by atomic mass is 16.5. The van der Waals surface area contributed by atoms with Crippen LogP contribution in [-0.4, -0.2) is 57.2 Å². The van der Waals surface area contributed by atoms with Crippen molar-refractivity contribution < 1.29 is 9.53 Å². The summed E-state index contributed by atoms with van der Waals surface area (Å²) < 4.78 is 5.36. The first kappa shape index (κ1) is 16.4. The molecule has 0 aliphatic rings. The molecule has 0 fully saturated rings. The van der Waals surface area contributed by atoms with Crippen molar-refractivity contribution in [1.82, 2.24) is 10.2 Å². The quantitative estimate of drug-likeness (QED) is 0.563. The van der Waals surface area contributed by atoms with Gasteiger partial charge in [-0.25, -0.2) is 0 Å². The minimum Gasteiger partial charge on any atom is -0.378 e. The van der Waals surface area contributed by atoms with E-state index in [0.29, 0.717) is 19.8 Å². The highest BCUT2D eigenvalue weighted by molar-refractivity contribution is 5.81. The van der Waals surface area contributed by atoms with E-state index >= 15 is 0 Å². The molecule has 0 aromatic carbocycles. The molecule has 17 heavy (non-hydrogen) atoms. The predicted octanol–water partition coefficient (Wildman–Crippen LogP) is 0.0542. The maximum atomic E-state index is 11.6. The van der Waals surface area contributed by atoms with Gasteiger partial charge in [0.05, 0.1) is 19.3 Å². The summed E-state index contributed by atoms with van der Waals surface area (Å²) in [7, 11) is 3.99. The highest BCUT2D eigenvalue weighted by Crippen LogP contribution is 2.04. The van der Waals surface area contributed by atoms with E-state index in [-0.39, 0.29) is 11.8 Å². The number of nitrogens with zero attached hydrogens (tertiary/aromatic N) is 1. The van der Waals surface area contributed by atoms with Crippen LogP contribution in [0, 0.1) is 5.92 Å². The van der Waals surface area contributed by atoms with Gasteiger partial charge in [0.1, 0.15) is 0 Å². The Kier molecular flexibility index (Phi) is 9.03. The van der Waals surface area contributed by atoms with Crippen LogP contribution in [0.4, 0.5) is 0 Å². The lowest BCUT2D eigenvalue weighted by molar-refractivity contribution is -0.123. The monoisotopic (exact) mass is 245 g/mol. The molecule has 0 aliphatic heterocycles. The summed E-state index contributed by atoms with van der Waals surface area (Å²) in [5.41, 5.74) is 5.79. The molecule has 0 aliphatic carbocycles. The summed E-state index contributed by atoms with van der Waals surface area (Å²) in [4.78, 5) is 13.6. The first-order valence-electron chi connectivity index (χ1n) is 6.24. The number of nitrogens with two attached hydrogens (primary N) is 1. The zero-order valence-corrected chi connectivity index (χ0v) is 11.5. The van der Waals surface area contributed by atoms with Crippen LogP contribution in [0.15, 0.2) is 0 Å². The molecule has 0 saturated heterocycles. The molecular formula is C12H27N3O2. The molecule has 5 heteroatoms. The molecule has 3 N–H and O–H groups in total. The summed E-state index contributed by atoms with van der Waals surface area (Å²) in [6.07, 6.45) is 0.911. The molecule has 102 valence electrons. The van der Waals surface area contributed by atoms with E-state index in [4.69, 9.17) is 10.5 Å². The maximum absolute atomic E-state index is 11.6. The van der Waals surface area contributed by atoms with Crippen molar-refractivity contribution in [3.63, 3.8) is 0 Å². The van der Waals surface area contributed by atoms with Crippen LogP contribution in [0.5, 0.6) is 0 Å². The van der Waals surface area contributed by atoms with Gasteiger partial charge in [0.25, 0.3) is 0 Å². The van der Waals surface area contributed by atoms with Gasteiger partial charge in [-0.1, -0.05) is 20.3 Å². The average Bonchev–Trinajstić information content (AvgIpc) is 2.30. The lowest BCUT2D eigenvalue weighted by atomic mass is 9.99. The normalized spacial score (nSPS) is 14.7. The molecule has 5 nitrogen and oxygen atoms in total. The minimum absolute atomic E-state index is 0.0874. The van der Waals surface area contributed by atoms with E-state index in [1.807, 2.05) is 27.9 Å². The van der Waals surface area contributed by atoms with Gasteiger partial charge in [-0.3, -0.25) is 4.79 Å². The third kappa shape index (κ3) is 8.12. The van der Waals surface area contributed by atoms with E-state index in [9.17, 15) is 4.79 Å². The first-order chi connectivity index (χ1) is 7.99. The fraction of sp³-hybridized carbons (Fsp3) is 0.917. The number of likely N-dealkylation sites (N-methyl/N-ethyl adjacent to an activating group) is 1. The fourth-order valence-electron chi connectivity index (χ4n) is 1.23.